The van der Waals surface area contributed by atoms with Gasteiger partial charge in [-0.15, -0.1) is 0 Å². The van der Waals surface area contributed by atoms with Crippen LogP contribution in [0.5, 0.6) is 0 Å². The normalized spacial score (nSPS) is 18.0. The number of sulfonamides is 1. The Hall–Kier alpha value is -0.860. The SMILES string of the molecule is C[C@H](O)C(=O)N1CCN(S(=O)(=O)Cc2c(Cl)cccc2Cl)CC1. The first-order valence-electron chi connectivity index (χ1n) is 7.10. The number of nitrogens with zero attached hydrogens (tertiary/aromatic N) is 2. The number of benzene rings is 1. The van der Waals surface area contributed by atoms with E-state index in [1.807, 2.05) is 0 Å². The monoisotopic (exact) mass is 380 g/mol. The van der Waals surface area contributed by atoms with E-state index in [2.05, 4.69) is 0 Å². The summed E-state index contributed by atoms with van der Waals surface area (Å²) >= 11 is 12.1. The number of carbonyl (C=O) groups is 1. The second-order valence-corrected chi connectivity index (χ2v) is 8.14. The third-order valence-corrected chi connectivity index (χ3v) is 6.20. The third-order valence-electron chi connectivity index (χ3n) is 3.69. The Morgan fingerprint density at radius 1 is 1.22 bits per heavy atom. The van der Waals surface area contributed by atoms with Gasteiger partial charge in [0.2, 0.25) is 10.0 Å². The lowest BCUT2D eigenvalue weighted by molar-refractivity contribution is -0.140. The largest absolute Gasteiger partial charge is 0.384 e. The van der Waals surface area contributed by atoms with E-state index in [1.165, 1.54) is 16.1 Å². The van der Waals surface area contributed by atoms with Crippen LogP contribution in [-0.4, -0.2) is 60.9 Å². The van der Waals surface area contributed by atoms with Gasteiger partial charge >= 0.3 is 0 Å². The van der Waals surface area contributed by atoms with Crippen molar-refractivity contribution in [1.29, 1.82) is 0 Å². The molecule has 0 spiro atoms. The Labute approximate surface area is 145 Å². The van der Waals surface area contributed by atoms with Crippen molar-refractivity contribution in [2.24, 2.45) is 0 Å². The average Bonchev–Trinajstić information content (AvgIpc) is 2.50. The fourth-order valence-electron chi connectivity index (χ4n) is 2.39. The van der Waals surface area contributed by atoms with Gasteiger partial charge in [-0.1, -0.05) is 29.3 Å². The van der Waals surface area contributed by atoms with Gasteiger partial charge in [-0.3, -0.25) is 4.79 Å². The summed E-state index contributed by atoms with van der Waals surface area (Å²) in [6, 6.07) is 4.84. The first-order chi connectivity index (χ1) is 10.7. The van der Waals surface area contributed by atoms with E-state index in [0.29, 0.717) is 15.6 Å². The lowest BCUT2D eigenvalue weighted by Crippen LogP contribution is -2.52. The fourth-order valence-corrected chi connectivity index (χ4v) is 4.66. The molecule has 23 heavy (non-hydrogen) atoms. The summed E-state index contributed by atoms with van der Waals surface area (Å²) < 4.78 is 26.4. The number of halogens is 2. The molecule has 1 heterocycles. The van der Waals surface area contributed by atoms with E-state index < -0.39 is 22.0 Å². The number of carbonyl (C=O) groups excluding carboxylic acids is 1. The molecule has 1 amide bonds. The molecule has 1 fully saturated rings. The number of piperazine rings is 1. The van der Waals surface area contributed by atoms with Crippen LogP contribution < -0.4 is 0 Å². The van der Waals surface area contributed by atoms with E-state index in [1.54, 1.807) is 18.2 Å². The quantitative estimate of drug-likeness (QED) is 0.854. The molecule has 0 radical (unpaired) electrons. The third kappa shape index (κ3) is 4.36. The zero-order valence-corrected chi connectivity index (χ0v) is 14.9. The molecule has 0 aromatic heterocycles. The highest BCUT2D eigenvalue weighted by Gasteiger charge is 2.30. The Morgan fingerprint density at radius 2 is 1.74 bits per heavy atom. The van der Waals surface area contributed by atoms with Crippen LogP contribution in [0.2, 0.25) is 10.0 Å². The minimum Gasteiger partial charge on any atom is -0.384 e. The molecule has 1 N–H and O–H groups in total. The van der Waals surface area contributed by atoms with E-state index in [-0.39, 0.29) is 31.9 Å². The predicted molar refractivity (Wildman–Crippen MR) is 88.9 cm³/mol. The summed E-state index contributed by atoms with van der Waals surface area (Å²) in [6.07, 6.45) is -1.08. The van der Waals surface area contributed by atoms with Crippen LogP contribution in [0, 0.1) is 0 Å². The lowest BCUT2D eigenvalue weighted by Gasteiger charge is -2.34. The van der Waals surface area contributed by atoms with Gasteiger partial charge in [0.15, 0.2) is 0 Å². The van der Waals surface area contributed by atoms with Gasteiger partial charge in [-0.2, -0.15) is 4.31 Å². The maximum absolute atomic E-state index is 12.5. The Balaban J connectivity index is 2.06. The maximum Gasteiger partial charge on any atom is 0.251 e. The van der Waals surface area contributed by atoms with Crippen LogP contribution in [0.25, 0.3) is 0 Å². The molecule has 1 atom stereocenters. The maximum atomic E-state index is 12.5. The minimum atomic E-state index is -3.59. The number of aliphatic hydroxyl groups is 1. The first kappa shape index (κ1) is 18.5. The topological polar surface area (TPSA) is 77.9 Å². The molecule has 1 aromatic rings. The standard InChI is InChI=1S/C14H18Cl2N2O4S/c1-10(19)14(20)17-5-7-18(8-6-17)23(21,22)9-11-12(15)3-2-4-13(11)16/h2-4,10,19H,5-9H2,1H3/t10-/m0/s1. The molecule has 0 bridgehead atoms. The van der Waals surface area contributed by atoms with Crippen molar-refractivity contribution in [2.45, 2.75) is 18.8 Å². The van der Waals surface area contributed by atoms with Gasteiger partial charge in [0, 0.05) is 41.8 Å². The van der Waals surface area contributed by atoms with Crippen molar-refractivity contribution in [1.82, 2.24) is 9.21 Å². The van der Waals surface area contributed by atoms with Gasteiger partial charge in [0.1, 0.15) is 6.10 Å². The van der Waals surface area contributed by atoms with Crippen LogP contribution in [0.3, 0.4) is 0 Å². The summed E-state index contributed by atoms with van der Waals surface area (Å²) in [5, 5.41) is 9.92. The van der Waals surface area contributed by atoms with Crippen molar-refractivity contribution in [3.05, 3.63) is 33.8 Å². The van der Waals surface area contributed by atoms with Crippen LogP contribution >= 0.6 is 23.2 Å². The minimum absolute atomic E-state index is 0.183. The van der Waals surface area contributed by atoms with Crippen LogP contribution in [0.4, 0.5) is 0 Å². The highest BCUT2D eigenvalue weighted by atomic mass is 35.5. The molecular formula is C14H18Cl2N2O4S. The summed E-state index contributed by atoms with van der Waals surface area (Å²) in [5.41, 5.74) is 0.373. The second kappa shape index (κ2) is 7.36. The van der Waals surface area contributed by atoms with Crippen LogP contribution in [0.1, 0.15) is 12.5 Å². The average molecular weight is 381 g/mol. The Bertz CT molecular complexity index is 666. The summed E-state index contributed by atoms with van der Waals surface area (Å²) in [4.78, 5) is 13.2. The molecule has 1 aromatic carbocycles. The molecule has 2 rings (SSSR count). The zero-order chi connectivity index (χ0) is 17.2. The number of hydrogen-bond acceptors (Lipinski definition) is 4. The molecular weight excluding hydrogens is 363 g/mol. The lowest BCUT2D eigenvalue weighted by atomic mass is 10.2. The van der Waals surface area contributed by atoms with E-state index >= 15 is 0 Å². The van der Waals surface area contributed by atoms with Crippen LogP contribution in [0.15, 0.2) is 18.2 Å². The van der Waals surface area contributed by atoms with E-state index in [9.17, 15) is 18.3 Å². The highest BCUT2D eigenvalue weighted by molar-refractivity contribution is 7.88. The molecule has 6 nitrogen and oxygen atoms in total. The smallest absolute Gasteiger partial charge is 0.251 e. The van der Waals surface area contributed by atoms with Crippen molar-refractivity contribution in [3.63, 3.8) is 0 Å². The van der Waals surface area contributed by atoms with Crippen molar-refractivity contribution >= 4 is 39.1 Å². The number of rotatable bonds is 4. The molecule has 1 saturated heterocycles. The number of aliphatic hydroxyl groups excluding tert-OH is 1. The molecule has 1 aliphatic heterocycles. The van der Waals surface area contributed by atoms with Gasteiger partial charge in [-0.25, -0.2) is 8.42 Å². The Kier molecular flexibility index (Phi) is 5.91. The number of amides is 1. The molecule has 128 valence electrons. The molecule has 9 heteroatoms. The Morgan fingerprint density at radius 3 is 2.22 bits per heavy atom. The van der Waals surface area contributed by atoms with Crippen molar-refractivity contribution in [2.75, 3.05) is 26.2 Å². The van der Waals surface area contributed by atoms with Gasteiger partial charge in [0.25, 0.3) is 5.91 Å². The highest BCUT2D eigenvalue weighted by Crippen LogP contribution is 2.27. The van der Waals surface area contributed by atoms with Crippen molar-refractivity contribution in [3.8, 4) is 0 Å². The van der Waals surface area contributed by atoms with Crippen molar-refractivity contribution < 1.29 is 18.3 Å². The van der Waals surface area contributed by atoms with Gasteiger partial charge in [-0.05, 0) is 19.1 Å². The van der Waals surface area contributed by atoms with Gasteiger partial charge in [0.05, 0.1) is 5.75 Å². The first-order valence-corrected chi connectivity index (χ1v) is 9.46. The molecule has 0 unspecified atom stereocenters. The van der Waals surface area contributed by atoms with E-state index in [0.717, 1.165) is 0 Å². The molecule has 0 saturated carbocycles. The summed E-state index contributed by atoms with van der Waals surface area (Å²) in [6.45, 7) is 2.26. The van der Waals surface area contributed by atoms with Crippen LogP contribution in [-0.2, 0) is 20.6 Å². The molecule has 0 aliphatic carbocycles. The summed E-state index contributed by atoms with van der Waals surface area (Å²) in [5.74, 6) is -0.674. The second-order valence-electron chi connectivity index (χ2n) is 5.36. The van der Waals surface area contributed by atoms with Gasteiger partial charge < -0.3 is 10.0 Å². The molecule has 1 aliphatic rings. The van der Waals surface area contributed by atoms with E-state index in [4.69, 9.17) is 23.2 Å². The predicted octanol–water partition coefficient (Wildman–Crippen LogP) is 1.35. The fraction of sp³-hybridized carbons (Fsp3) is 0.500. The summed E-state index contributed by atoms with van der Waals surface area (Å²) in [7, 11) is -3.59. The number of hydrogen-bond donors (Lipinski definition) is 1. The zero-order valence-electron chi connectivity index (χ0n) is 12.6.